The molecule has 0 saturated carbocycles. The molecule has 122 valence electrons. The Bertz CT molecular complexity index is 477. The lowest BCUT2D eigenvalue weighted by atomic mass is 10.2. The van der Waals surface area contributed by atoms with Crippen molar-refractivity contribution >= 4 is 23.4 Å². The van der Waals surface area contributed by atoms with Crippen molar-refractivity contribution in [3.8, 4) is 0 Å². The molecular formula is C15H22N2O4S. The van der Waals surface area contributed by atoms with E-state index < -0.39 is 4.92 Å². The van der Waals surface area contributed by atoms with Gasteiger partial charge < -0.3 is 10.1 Å². The van der Waals surface area contributed by atoms with Crippen molar-refractivity contribution in [1.29, 1.82) is 0 Å². The van der Waals surface area contributed by atoms with Crippen LogP contribution in [0, 0.1) is 10.1 Å². The van der Waals surface area contributed by atoms with E-state index in [1.54, 1.807) is 12.1 Å². The number of ether oxygens (including phenoxy) is 1. The summed E-state index contributed by atoms with van der Waals surface area (Å²) in [6.07, 6.45) is 1.02. The van der Waals surface area contributed by atoms with Crippen LogP contribution in [0.15, 0.2) is 24.3 Å². The fraction of sp³-hybridized carbons (Fsp3) is 0.533. The largest absolute Gasteiger partial charge is 0.379 e. The Balaban J connectivity index is 2.13. The number of rotatable bonds is 10. The van der Waals surface area contributed by atoms with Crippen molar-refractivity contribution in [2.45, 2.75) is 32.1 Å². The normalized spacial score (nSPS) is 10.7. The summed E-state index contributed by atoms with van der Waals surface area (Å²) in [6.45, 7) is 5.22. The number of amides is 1. The van der Waals surface area contributed by atoms with Gasteiger partial charge in [-0.15, -0.1) is 11.8 Å². The van der Waals surface area contributed by atoms with Gasteiger partial charge in [0.2, 0.25) is 5.91 Å². The molecule has 0 fully saturated rings. The van der Waals surface area contributed by atoms with E-state index in [4.69, 9.17) is 4.74 Å². The predicted octanol–water partition coefficient (Wildman–Crippen LogP) is 2.76. The molecule has 1 N–H and O–H groups in total. The third kappa shape index (κ3) is 7.99. The maximum atomic E-state index is 11.6. The first kappa shape index (κ1) is 18.4. The van der Waals surface area contributed by atoms with Gasteiger partial charge in [0.25, 0.3) is 5.69 Å². The summed E-state index contributed by atoms with van der Waals surface area (Å²) in [7, 11) is 0. The maximum absolute atomic E-state index is 11.6. The lowest BCUT2D eigenvalue weighted by Gasteiger charge is -2.08. The molecule has 1 aromatic rings. The Kier molecular flexibility index (Phi) is 8.54. The van der Waals surface area contributed by atoms with E-state index in [9.17, 15) is 14.9 Å². The number of hydrogen-bond acceptors (Lipinski definition) is 5. The smallest absolute Gasteiger partial charge is 0.269 e. The molecule has 0 heterocycles. The summed E-state index contributed by atoms with van der Waals surface area (Å²) in [5.74, 6) is 1.03. The van der Waals surface area contributed by atoms with Gasteiger partial charge in [0.1, 0.15) is 0 Å². The van der Waals surface area contributed by atoms with Crippen LogP contribution in [0.2, 0.25) is 0 Å². The molecule has 22 heavy (non-hydrogen) atoms. The molecule has 0 radical (unpaired) electrons. The highest BCUT2D eigenvalue weighted by atomic mass is 32.2. The molecule has 1 amide bonds. The Morgan fingerprint density at radius 3 is 2.64 bits per heavy atom. The molecule has 0 aliphatic rings. The van der Waals surface area contributed by atoms with E-state index in [2.05, 4.69) is 5.32 Å². The highest BCUT2D eigenvalue weighted by Gasteiger charge is 2.05. The van der Waals surface area contributed by atoms with Crippen molar-refractivity contribution in [2.24, 2.45) is 0 Å². The first-order valence-electron chi connectivity index (χ1n) is 7.18. The van der Waals surface area contributed by atoms with Gasteiger partial charge in [-0.1, -0.05) is 12.1 Å². The van der Waals surface area contributed by atoms with Crippen LogP contribution in [0.1, 0.15) is 25.8 Å². The van der Waals surface area contributed by atoms with E-state index in [-0.39, 0.29) is 17.7 Å². The van der Waals surface area contributed by atoms with Crippen LogP contribution in [0.3, 0.4) is 0 Å². The Hall–Kier alpha value is -1.60. The molecule has 0 bridgehead atoms. The zero-order valence-electron chi connectivity index (χ0n) is 12.9. The average molecular weight is 326 g/mol. The fourth-order valence-corrected chi connectivity index (χ4v) is 2.46. The fourth-order valence-electron chi connectivity index (χ4n) is 1.65. The maximum Gasteiger partial charge on any atom is 0.269 e. The van der Waals surface area contributed by atoms with E-state index in [0.29, 0.717) is 24.7 Å². The number of non-ortho nitro benzene ring substituents is 1. The summed E-state index contributed by atoms with van der Waals surface area (Å²) >= 11 is 1.48. The van der Waals surface area contributed by atoms with E-state index in [0.717, 1.165) is 12.0 Å². The lowest BCUT2D eigenvalue weighted by Crippen LogP contribution is -2.27. The molecule has 0 unspecified atom stereocenters. The van der Waals surface area contributed by atoms with Crippen LogP contribution < -0.4 is 5.32 Å². The number of nitrogens with one attached hydrogen (secondary N) is 1. The Morgan fingerprint density at radius 2 is 2.05 bits per heavy atom. The van der Waals surface area contributed by atoms with Crippen molar-refractivity contribution in [3.63, 3.8) is 0 Å². The number of nitro benzene ring substituents is 1. The number of benzene rings is 1. The van der Waals surface area contributed by atoms with E-state index >= 15 is 0 Å². The van der Waals surface area contributed by atoms with Gasteiger partial charge in [0, 0.05) is 31.0 Å². The topological polar surface area (TPSA) is 81.5 Å². The number of carbonyl (C=O) groups is 1. The van der Waals surface area contributed by atoms with Gasteiger partial charge in [-0.25, -0.2) is 0 Å². The van der Waals surface area contributed by atoms with E-state index in [1.807, 2.05) is 13.8 Å². The van der Waals surface area contributed by atoms with Gasteiger partial charge in [-0.3, -0.25) is 14.9 Å². The van der Waals surface area contributed by atoms with Crippen LogP contribution >= 0.6 is 11.8 Å². The molecular weight excluding hydrogens is 304 g/mol. The van der Waals surface area contributed by atoms with Crippen LogP contribution in [0.4, 0.5) is 5.69 Å². The zero-order chi connectivity index (χ0) is 16.4. The second kappa shape index (κ2) is 10.2. The molecule has 0 saturated heterocycles. The standard InChI is InChI=1S/C15H22N2O4S/c1-12(2)21-9-3-8-16-15(18)11-22-10-13-4-6-14(7-5-13)17(19)20/h4-7,12H,3,8-11H2,1-2H3,(H,16,18). The summed E-state index contributed by atoms with van der Waals surface area (Å²) < 4.78 is 5.38. The molecule has 0 aliphatic heterocycles. The predicted molar refractivity (Wildman–Crippen MR) is 88.0 cm³/mol. The van der Waals surface area contributed by atoms with Gasteiger partial charge in [0.15, 0.2) is 0 Å². The van der Waals surface area contributed by atoms with Gasteiger partial charge in [-0.05, 0) is 25.8 Å². The highest BCUT2D eigenvalue weighted by molar-refractivity contribution is 7.99. The van der Waals surface area contributed by atoms with Crippen molar-refractivity contribution in [2.75, 3.05) is 18.9 Å². The Labute approximate surface area is 134 Å². The van der Waals surface area contributed by atoms with Crippen molar-refractivity contribution in [3.05, 3.63) is 39.9 Å². The van der Waals surface area contributed by atoms with Gasteiger partial charge >= 0.3 is 0 Å². The summed E-state index contributed by atoms with van der Waals surface area (Å²) in [5, 5.41) is 13.4. The second-order valence-corrected chi connectivity index (χ2v) is 6.03. The zero-order valence-corrected chi connectivity index (χ0v) is 13.7. The molecule has 0 spiro atoms. The van der Waals surface area contributed by atoms with Gasteiger partial charge in [0.05, 0.1) is 16.8 Å². The molecule has 0 aliphatic carbocycles. The molecule has 7 heteroatoms. The number of nitrogens with zero attached hydrogens (tertiary/aromatic N) is 1. The van der Waals surface area contributed by atoms with Crippen LogP contribution in [-0.2, 0) is 15.3 Å². The summed E-state index contributed by atoms with van der Waals surface area (Å²) in [5.41, 5.74) is 1.05. The average Bonchev–Trinajstić information content (AvgIpc) is 2.47. The SMILES string of the molecule is CC(C)OCCCNC(=O)CSCc1ccc([N+](=O)[O-])cc1. The number of hydrogen-bond donors (Lipinski definition) is 1. The van der Waals surface area contributed by atoms with Crippen molar-refractivity contribution in [1.82, 2.24) is 5.32 Å². The summed E-state index contributed by atoms with van der Waals surface area (Å²) in [4.78, 5) is 21.7. The third-order valence-electron chi connectivity index (χ3n) is 2.74. The van der Waals surface area contributed by atoms with Crippen LogP contribution in [0.25, 0.3) is 0 Å². The first-order chi connectivity index (χ1) is 10.5. The number of thioether (sulfide) groups is 1. The number of nitro groups is 1. The van der Waals surface area contributed by atoms with Gasteiger partial charge in [-0.2, -0.15) is 0 Å². The minimum atomic E-state index is -0.423. The molecule has 6 nitrogen and oxygen atoms in total. The van der Waals surface area contributed by atoms with Crippen LogP contribution in [0.5, 0.6) is 0 Å². The molecule has 0 aromatic heterocycles. The van der Waals surface area contributed by atoms with Crippen molar-refractivity contribution < 1.29 is 14.5 Å². The quantitative estimate of drug-likeness (QED) is 0.406. The minimum Gasteiger partial charge on any atom is -0.379 e. The highest BCUT2D eigenvalue weighted by Crippen LogP contribution is 2.16. The minimum absolute atomic E-state index is 0.00328. The monoisotopic (exact) mass is 326 g/mol. The third-order valence-corrected chi connectivity index (χ3v) is 3.75. The molecule has 1 rings (SSSR count). The first-order valence-corrected chi connectivity index (χ1v) is 8.34. The van der Waals surface area contributed by atoms with E-state index in [1.165, 1.54) is 23.9 Å². The Morgan fingerprint density at radius 1 is 1.36 bits per heavy atom. The number of carbonyl (C=O) groups excluding carboxylic acids is 1. The van der Waals surface area contributed by atoms with Crippen LogP contribution in [-0.4, -0.2) is 35.8 Å². The molecule has 1 aromatic carbocycles. The molecule has 0 atom stereocenters. The lowest BCUT2D eigenvalue weighted by molar-refractivity contribution is -0.384. The summed E-state index contributed by atoms with van der Waals surface area (Å²) in [6, 6.07) is 6.38. The second-order valence-electron chi connectivity index (χ2n) is 5.04.